The predicted octanol–water partition coefficient (Wildman–Crippen LogP) is 3.88. The molecular weight excluding hydrogens is 478 g/mol. The molecule has 2 aliphatic rings. The lowest BCUT2D eigenvalue weighted by atomic mass is 9.80. The molecule has 38 heavy (non-hydrogen) atoms. The van der Waals surface area contributed by atoms with Gasteiger partial charge in [0.15, 0.2) is 5.78 Å². The topological polar surface area (TPSA) is 104 Å². The van der Waals surface area contributed by atoms with Crippen LogP contribution in [0.5, 0.6) is 0 Å². The molecule has 1 saturated carbocycles. The van der Waals surface area contributed by atoms with Gasteiger partial charge in [0.2, 0.25) is 5.91 Å². The molecule has 1 aliphatic carbocycles. The Morgan fingerprint density at radius 2 is 1.87 bits per heavy atom. The number of likely N-dealkylation sites (tertiary alicyclic amines) is 1. The summed E-state index contributed by atoms with van der Waals surface area (Å²) < 4.78 is 0. The number of carbonyl (C=O) groups excluding carboxylic acids is 3. The summed E-state index contributed by atoms with van der Waals surface area (Å²) >= 11 is 0. The van der Waals surface area contributed by atoms with E-state index in [1.807, 2.05) is 49.1 Å². The molecule has 0 unspecified atom stereocenters. The first-order chi connectivity index (χ1) is 18.4. The van der Waals surface area contributed by atoms with E-state index in [1.165, 1.54) is 12.7 Å². The maximum atomic E-state index is 13.3. The zero-order valence-corrected chi connectivity index (χ0v) is 22.7. The fourth-order valence-electron chi connectivity index (χ4n) is 5.71. The van der Waals surface area contributed by atoms with Gasteiger partial charge in [-0.2, -0.15) is 0 Å². The van der Waals surface area contributed by atoms with Gasteiger partial charge >= 0.3 is 0 Å². The van der Waals surface area contributed by atoms with Crippen molar-refractivity contribution in [3.63, 3.8) is 0 Å². The number of hydrogen-bond acceptors (Lipinski definition) is 6. The van der Waals surface area contributed by atoms with Crippen LogP contribution in [-0.2, 0) is 16.1 Å². The summed E-state index contributed by atoms with van der Waals surface area (Å²) in [5.74, 6) is 0.278. The summed E-state index contributed by atoms with van der Waals surface area (Å²) in [5, 5.41) is 6.29. The Kier molecular flexibility index (Phi) is 9.98. The van der Waals surface area contributed by atoms with Crippen LogP contribution in [0.15, 0.2) is 42.9 Å². The number of piperidine rings is 1. The van der Waals surface area contributed by atoms with Crippen molar-refractivity contribution < 1.29 is 14.4 Å². The zero-order chi connectivity index (χ0) is 26.9. The Balaban J connectivity index is 1.36. The molecule has 1 aromatic carbocycles. The van der Waals surface area contributed by atoms with Crippen LogP contribution in [0.1, 0.15) is 86.3 Å². The highest BCUT2D eigenvalue weighted by atomic mass is 16.2. The van der Waals surface area contributed by atoms with E-state index in [1.54, 1.807) is 6.20 Å². The van der Waals surface area contributed by atoms with E-state index in [0.717, 1.165) is 56.3 Å². The van der Waals surface area contributed by atoms with Gasteiger partial charge < -0.3 is 15.5 Å². The molecule has 8 heteroatoms. The van der Waals surface area contributed by atoms with E-state index in [-0.39, 0.29) is 41.9 Å². The van der Waals surface area contributed by atoms with Crippen LogP contribution in [0.2, 0.25) is 0 Å². The summed E-state index contributed by atoms with van der Waals surface area (Å²) in [6, 6.07) is 9.12. The van der Waals surface area contributed by atoms with Crippen LogP contribution < -0.4 is 10.6 Å². The van der Waals surface area contributed by atoms with E-state index in [2.05, 4.69) is 20.6 Å². The molecule has 1 aromatic heterocycles. The number of ketones is 1. The van der Waals surface area contributed by atoms with Crippen molar-refractivity contribution in [3.8, 4) is 0 Å². The van der Waals surface area contributed by atoms with Crippen molar-refractivity contribution in [1.82, 2.24) is 25.5 Å². The predicted molar refractivity (Wildman–Crippen MR) is 146 cm³/mol. The third-order valence-electron chi connectivity index (χ3n) is 7.90. The minimum Gasteiger partial charge on any atom is -0.342 e. The average Bonchev–Trinajstić information content (AvgIpc) is 2.96. The fourth-order valence-corrected chi connectivity index (χ4v) is 5.71. The molecule has 2 N–H and O–H groups in total. The number of Topliss-reactive ketones (excluding diaryl/α,β-unsaturated/α-hetero) is 1. The smallest absolute Gasteiger partial charge is 0.251 e. The van der Waals surface area contributed by atoms with Gasteiger partial charge in [-0.15, -0.1) is 0 Å². The molecule has 2 amide bonds. The van der Waals surface area contributed by atoms with Crippen LogP contribution in [-0.4, -0.2) is 58.1 Å². The van der Waals surface area contributed by atoms with E-state index < -0.39 is 6.04 Å². The van der Waals surface area contributed by atoms with Gasteiger partial charge in [-0.05, 0) is 55.4 Å². The van der Waals surface area contributed by atoms with Gasteiger partial charge in [-0.3, -0.25) is 14.4 Å². The Labute approximate surface area is 226 Å². The molecule has 1 aliphatic heterocycles. The van der Waals surface area contributed by atoms with E-state index >= 15 is 0 Å². The second kappa shape index (κ2) is 13.6. The van der Waals surface area contributed by atoms with E-state index in [0.29, 0.717) is 18.7 Å². The molecular formula is C30H41N5O3. The van der Waals surface area contributed by atoms with Gasteiger partial charge in [0.05, 0.1) is 18.3 Å². The van der Waals surface area contributed by atoms with Crippen molar-refractivity contribution in [2.24, 2.45) is 11.8 Å². The van der Waals surface area contributed by atoms with Crippen LogP contribution in [0.4, 0.5) is 0 Å². The molecule has 8 nitrogen and oxygen atoms in total. The summed E-state index contributed by atoms with van der Waals surface area (Å²) in [5.41, 5.74) is 2.49. The number of aromatic nitrogens is 2. The zero-order valence-electron chi connectivity index (χ0n) is 22.7. The van der Waals surface area contributed by atoms with Crippen LogP contribution in [0.3, 0.4) is 0 Å². The van der Waals surface area contributed by atoms with E-state index in [9.17, 15) is 14.4 Å². The third-order valence-corrected chi connectivity index (χ3v) is 7.90. The number of carbonyl (C=O) groups is 3. The van der Waals surface area contributed by atoms with Gasteiger partial charge in [0.1, 0.15) is 6.33 Å². The number of nitrogens with one attached hydrogen (secondary N) is 2. The van der Waals surface area contributed by atoms with Gasteiger partial charge in [0.25, 0.3) is 5.91 Å². The van der Waals surface area contributed by atoms with Gasteiger partial charge in [-0.25, -0.2) is 9.97 Å². The second-order valence-electron chi connectivity index (χ2n) is 11.0. The SMILES string of the molecule is CC(C)C(=O)[C@H](NC(=O)c1cccc([C@H]2CCCN(C(=O)CNCc3ccncn3)C2)c1)C1CCCCC1. The lowest BCUT2D eigenvalue weighted by Gasteiger charge is -2.33. The Morgan fingerprint density at radius 3 is 2.61 bits per heavy atom. The number of amides is 2. The molecule has 4 rings (SSSR count). The molecule has 2 atom stereocenters. The Bertz CT molecular complexity index is 1080. The largest absolute Gasteiger partial charge is 0.342 e. The molecule has 1 saturated heterocycles. The van der Waals surface area contributed by atoms with Crippen LogP contribution in [0, 0.1) is 11.8 Å². The van der Waals surface area contributed by atoms with Crippen molar-refractivity contribution >= 4 is 17.6 Å². The molecule has 2 fully saturated rings. The molecule has 2 heterocycles. The minimum absolute atomic E-state index is 0.0696. The highest BCUT2D eigenvalue weighted by Crippen LogP contribution is 2.30. The van der Waals surface area contributed by atoms with Gasteiger partial charge in [0, 0.05) is 43.2 Å². The molecule has 204 valence electrons. The first-order valence-corrected chi connectivity index (χ1v) is 14.1. The van der Waals surface area contributed by atoms with Gasteiger partial charge in [-0.1, -0.05) is 45.2 Å². The molecule has 0 spiro atoms. The van der Waals surface area contributed by atoms with Crippen LogP contribution >= 0.6 is 0 Å². The molecule has 0 bridgehead atoms. The monoisotopic (exact) mass is 519 g/mol. The van der Waals surface area contributed by atoms with Crippen molar-refractivity contribution in [2.75, 3.05) is 19.6 Å². The second-order valence-corrected chi connectivity index (χ2v) is 11.0. The average molecular weight is 520 g/mol. The van der Waals surface area contributed by atoms with Crippen molar-refractivity contribution in [1.29, 1.82) is 0 Å². The Morgan fingerprint density at radius 1 is 1.05 bits per heavy atom. The number of hydrogen-bond donors (Lipinski definition) is 2. The quantitative estimate of drug-likeness (QED) is 0.494. The summed E-state index contributed by atoms with van der Waals surface area (Å²) in [4.78, 5) is 49.2. The number of nitrogens with zero attached hydrogens (tertiary/aromatic N) is 3. The highest BCUT2D eigenvalue weighted by molar-refractivity contribution is 5.98. The standard InChI is InChI=1S/C30H41N5O3/c1-21(2)29(37)28(22-8-4-3-5-9-22)34-30(38)24-11-6-10-23(16-24)25-12-7-15-35(19-25)27(36)18-32-17-26-13-14-31-20-33-26/h6,10-11,13-14,16,20-22,25,28,32H,3-5,7-9,12,15,17-19H2,1-2H3,(H,34,38)/t25-,28+/m0/s1. The van der Waals surface area contributed by atoms with Crippen molar-refractivity contribution in [2.45, 2.75) is 77.3 Å². The van der Waals surface area contributed by atoms with E-state index in [4.69, 9.17) is 0 Å². The molecule has 2 aromatic rings. The first kappa shape index (κ1) is 27.9. The maximum absolute atomic E-state index is 13.3. The molecule has 0 radical (unpaired) electrons. The Hall–Kier alpha value is -3.13. The van der Waals surface area contributed by atoms with Crippen LogP contribution in [0.25, 0.3) is 0 Å². The first-order valence-electron chi connectivity index (χ1n) is 14.1. The fraction of sp³-hybridized carbons (Fsp3) is 0.567. The highest BCUT2D eigenvalue weighted by Gasteiger charge is 2.32. The third kappa shape index (κ3) is 7.47. The summed E-state index contributed by atoms with van der Waals surface area (Å²) in [6.07, 6.45) is 10.5. The minimum atomic E-state index is -0.427. The lowest BCUT2D eigenvalue weighted by Crippen LogP contribution is -2.48. The normalized spacial score (nSPS) is 19.2. The summed E-state index contributed by atoms with van der Waals surface area (Å²) in [7, 11) is 0. The van der Waals surface area contributed by atoms with Crippen molar-refractivity contribution in [3.05, 3.63) is 59.7 Å². The number of rotatable bonds is 10. The maximum Gasteiger partial charge on any atom is 0.251 e. The summed E-state index contributed by atoms with van der Waals surface area (Å²) in [6.45, 7) is 5.97. The lowest BCUT2D eigenvalue weighted by molar-refractivity contribution is -0.131. The number of benzene rings is 1.